The van der Waals surface area contributed by atoms with Gasteiger partial charge in [-0.3, -0.25) is 9.59 Å². The fourth-order valence-corrected chi connectivity index (χ4v) is 3.88. The molecule has 0 radical (unpaired) electrons. The summed E-state index contributed by atoms with van der Waals surface area (Å²) in [5.74, 6) is -1.70. The summed E-state index contributed by atoms with van der Waals surface area (Å²) in [7, 11) is -2.66. The number of carbonyl (C=O) groups is 2. The second kappa shape index (κ2) is 6.09. The highest BCUT2D eigenvalue weighted by Gasteiger charge is 2.44. The zero-order valence-corrected chi connectivity index (χ0v) is 12.8. The summed E-state index contributed by atoms with van der Waals surface area (Å²) in [5.41, 5.74) is -0.861. The first-order chi connectivity index (χ1) is 9.21. The Morgan fingerprint density at radius 2 is 1.85 bits per heavy atom. The molecule has 1 N–H and O–H groups in total. The van der Waals surface area contributed by atoms with Gasteiger partial charge in [-0.25, -0.2) is 12.7 Å². The van der Waals surface area contributed by atoms with Crippen LogP contribution in [0.2, 0.25) is 0 Å². The number of hydrogen-bond acceptors (Lipinski definition) is 5. The number of carboxylic acid groups (broad SMARTS) is 1. The topological polar surface area (TPSA) is 101 Å². The molecule has 0 aromatic rings. The minimum Gasteiger partial charge on any atom is -0.481 e. The normalized spacial score (nSPS) is 21.1. The van der Waals surface area contributed by atoms with Crippen LogP contribution in [0, 0.1) is 5.41 Å². The summed E-state index contributed by atoms with van der Waals surface area (Å²) in [4.78, 5) is 22.7. The largest absolute Gasteiger partial charge is 0.481 e. The maximum Gasteiger partial charge on any atom is 0.325 e. The molecular weight excluding hydrogens is 286 g/mol. The molecule has 1 fully saturated rings. The van der Waals surface area contributed by atoms with Crippen LogP contribution in [0.15, 0.2) is 0 Å². The van der Waals surface area contributed by atoms with Gasteiger partial charge in [0.25, 0.3) is 0 Å². The maximum atomic E-state index is 12.2. The first kappa shape index (κ1) is 16.9. The lowest BCUT2D eigenvalue weighted by atomic mass is 9.77. The molecule has 0 spiro atoms. The number of carbonyl (C=O) groups excluding carboxylic acids is 1. The second-order valence-electron chi connectivity index (χ2n) is 5.05. The summed E-state index contributed by atoms with van der Waals surface area (Å²) < 4.78 is 30.1. The van der Waals surface area contributed by atoms with E-state index >= 15 is 0 Å². The number of sulfonamides is 1. The smallest absolute Gasteiger partial charge is 0.325 e. The third-order valence-electron chi connectivity index (χ3n) is 4.15. The third kappa shape index (κ3) is 2.95. The molecule has 1 saturated heterocycles. The van der Waals surface area contributed by atoms with Crippen LogP contribution in [0.25, 0.3) is 0 Å². The molecule has 0 amide bonds. The van der Waals surface area contributed by atoms with E-state index in [1.807, 2.05) is 0 Å². The molecular formula is C12H21NO6S. The Labute approximate surface area is 118 Å². The van der Waals surface area contributed by atoms with Gasteiger partial charge in [-0.05, 0) is 26.2 Å². The van der Waals surface area contributed by atoms with Gasteiger partial charge in [-0.15, -0.1) is 0 Å². The van der Waals surface area contributed by atoms with Gasteiger partial charge < -0.3 is 9.84 Å². The first-order valence-electron chi connectivity index (χ1n) is 6.51. The number of piperidine rings is 1. The van der Waals surface area contributed by atoms with E-state index in [9.17, 15) is 23.1 Å². The highest BCUT2D eigenvalue weighted by molar-refractivity contribution is 7.90. The van der Waals surface area contributed by atoms with Crippen LogP contribution >= 0.6 is 0 Å². The Hall–Kier alpha value is -1.15. The van der Waals surface area contributed by atoms with E-state index in [1.165, 1.54) is 11.2 Å². The zero-order valence-electron chi connectivity index (χ0n) is 12.0. The van der Waals surface area contributed by atoms with Crippen molar-refractivity contribution in [1.29, 1.82) is 0 Å². The Morgan fingerprint density at radius 3 is 2.20 bits per heavy atom. The SMILES string of the molecule is CCC1(C(=O)O)CCN(S(=O)(=O)C(C)C(=O)OC)CC1. The number of hydrogen-bond donors (Lipinski definition) is 1. The number of rotatable bonds is 5. The van der Waals surface area contributed by atoms with E-state index in [4.69, 9.17) is 0 Å². The standard InChI is InChI=1S/C12H21NO6S/c1-4-12(11(15)16)5-7-13(8-6-12)20(17,18)9(2)10(14)19-3/h9H,4-8H2,1-3H3,(H,15,16). The lowest BCUT2D eigenvalue weighted by Gasteiger charge is -2.38. The molecule has 1 aliphatic rings. The van der Waals surface area contributed by atoms with Crippen molar-refractivity contribution in [2.24, 2.45) is 5.41 Å². The van der Waals surface area contributed by atoms with Gasteiger partial charge in [0.1, 0.15) is 0 Å². The molecule has 116 valence electrons. The average Bonchev–Trinajstić information content (AvgIpc) is 2.45. The average molecular weight is 307 g/mol. The fraction of sp³-hybridized carbons (Fsp3) is 0.833. The number of esters is 1. The molecule has 0 bridgehead atoms. The number of aliphatic carboxylic acids is 1. The molecule has 1 unspecified atom stereocenters. The molecule has 20 heavy (non-hydrogen) atoms. The summed E-state index contributed by atoms with van der Waals surface area (Å²) in [6.07, 6.45) is 0.973. The lowest BCUT2D eigenvalue weighted by molar-refractivity contribution is -0.151. The molecule has 0 aromatic carbocycles. The van der Waals surface area contributed by atoms with E-state index in [0.717, 1.165) is 7.11 Å². The van der Waals surface area contributed by atoms with Gasteiger partial charge >= 0.3 is 11.9 Å². The minimum atomic E-state index is -3.79. The van der Waals surface area contributed by atoms with Crippen molar-refractivity contribution in [2.45, 2.75) is 38.4 Å². The van der Waals surface area contributed by atoms with Gasteiger partial charge in [-0.1, -0.05) is 6.92 Å². The molecule has 0 aliphatic carbocycles. The van der Waals surface area contributed by atoms with E-state index in [2.05, 4.69) is 4.74 Å². The number of methoxy groups -OCH3 is 1. The summed E-state index contributed by atoms with van der Waals surface area (Å²) in [6.45, 7) is 3.29. The lowest BCUT2D eigenvalue weighted by Crippen LogP contribution is -2.49. The van der Waals surface area contributed by atoms with Gasteiger partial charge in [0.15, 0.2) is 5.25 Å². The van der Waals surface area contributed by atoms with Crippen molar-refractivity contribution in [3.63, 3.8) is 0 Å². The fourth-order valence-electron chi connectivity index (χ4n) is 2.40. The van der Waals surface area contributed by atoms with Crippen molar-refractivity contribution in [2.75, 3.05) is 20.2 Å². The molecule has 1 heterocycles. The van der Waals surface area contributed by atoms with Crippen molar-refractivity contribution in [3.05, 3.63) is 0 Å². The Morgan fingerprint density at radius 1 is 1.35 bits per heavy atom. The van der Waals surface area contributed by atoms with Crippen molar-refractivity contribution < 1.29 is 27.9 Å². The number of ether oxygens (including phenoxy) is 1. The zero-order chi connectivity index (χ0) is 15.6. The minimum absolute atomic E-state index is 0.115. The molecule has 0 aromatic heterocycles. The highest BCUT2D eigenvalue weighted by Crippen LogP contribution is 2.36. The predicted octanol–water partition coefficient (Wildman–Crippen LogP) is 0.455. The molecule has 8 heteroatoms. The van der Waals surface area contributed by atoms with E-state index < -0.39 is 32.6 Å². The highest BCUT2D eigenvalue weighted by atomic mass is 32.2. The van der Waals surface area contributed by atoms with E-state index in [-0.39, 0.29) is 25.9 Å². The van der Waals surface area contributed by atoms with Crippen LogP contribution < -0.4 is 0 Å². The number of carboxylic acids is 1. The van der Waals surface area contributed by atoms with Crippen LogP contribution in [0.3, 0.4) is 0 Å². The van der Waals surface area contributed by atoms with Crippen molar-refractivity contribution in [1.82, 2.24) is 4.31 Å². The molecule has 7 nitrogen and oxygen atoms in total. The van der Waals surface area contributed by atoms with E-state index in [0.29, 0.717) is 6.42 Å². The van der Waals surface area contributed by atoms with E-state index in [1.54, 1.807) is 6.92 Å². The summed E-state index contributed by atoms with van der Waals surface area (Å²) >= 11 is 0. The second-order valence-corrected chi connectivity index (χ2v) is 7.30. The molecule has 1 atom stereocenters. The van der Waals surface area contributed by atoms with Gasteiger partial charge in [-0.2, -0.15) is 0 Å². The van der Waals surface area contributed by atoms with Crippen molar-refractivity contribution in [3.8, 4) is 0 Å². The maximum absolute atomic E-state index is 12.2. The van der Waals surface area contributed by atoms with Gasteiger partial charge in [0.05, 0.1) is 12.5 Å². The summed E-state index contributed by atoms with van der Waals surface area (Å²) in [5, 5.41) is 8.00. The Balaban J connectivity index is 2.84. The third-order valence-corrected chi connectivity index (χ3v) is 6.32. The number of nitrogens with zero attached hydrogens (tertiary/aromatic N) is 1. The summed E-state index contributed by atoms with van der Waals surface area (Å²) in [6, 6.07) is 0. The van der Waals surface area contributed by atoms with Crippen LogP contribution in [-0.4, -0.2) is 55.2 Å². The Bertz CT molecular complexity index is 478. The van der Waals surface area contributed by atoms with Gasteiger partial charge in [0.2, 0.25) is 10.0 Å². The van der Waals surface area contributed by atoms with Crippen LogP contribution in [0.1, 0.15) is 33.1 Å². The van der Waals surface area contributed by atoms with Crippen LogP contribution in [-0.2, 0) is 24.3 Å². The van der Waals surface area contributed by atoms with Crippen LogP contribution in [0.5, 0.6) is 0 Å². The molecule has 1 aliphatic heterocycles. The predicted molar refractivity (Wildman–Crippen MR) is 71.6 cm³/mol. The molecule has 0 saturated carbocycles. The quantitative estimate of drug-likeness (QED) is 0.740. The van der Waals surface area contributed by atoms with Crippen molar-refractivity contribution >= 4 is 22.0 Å². The van der Waals surface area contributed by atoms with Gasteiger partial charge in [0, 0.05) is 13.1 Å². The monoisotopic (exact) mass is 307 g/mol. The van der Waals surface area contributed by atoms with Crippen LogP contribution in [0.4, 0.5) is 0 Å². The molecule has 1 rings (SSSR count). The Kier molecular flexibility index (Phi) is 5.15. The first-order valence-corrected chi connectivity index (χ1v) is 8.02.